The van der Waals surface area contributed by atoms with Crippen molar-refractivity contribution in [1.82, 2.24) is 5.32 Å². The zero-order chi connectivity index (χ0) is 4.99. The molecule has 0 aromatic heterocycles. The van der Waals surface area contributed by atoms with E-state index in [1.165, 1.54) is 14.2 Å². The van der Waals surface area contributed by atoms with E-state index in [2.05, 4.69) is 10.1 Å². The summed E-state index contributed by atoms with van der Waals surface area (Å²) in [6.07, 6.45) is -0.407. The van der Waals surface area contributed by atoms with Gasteiger partial charge in [0.15, 0.2) is 0 Å². The first-order chi connectivity index (χ1) is 2.81. The maximum atomic E-state index is 9.85. The van der Waals surface area contributed by atoms with Crippen LogP contribution in [0.3, 0.4) is 0 Å². The molecule has 0 aliphatic rings. The van der Waals surface area contributed by atoms with Gasteiger partial charge in [0.25, 0.3) is 0 Å². The van der Waals surface area contributed by atoms with Crippen LogP contribution in [0.4, 0.5) is 4.79 Å². The van der Waals surface area contributed by atoms with E-state index in [1.54, 1.807) is 0 Å². The molecule has 3 nitrogen and oxygen atoms in total. The topological polar surface area (TPSA) is 38.3 Å². The molecule has 0 heterocycles. The van der Waals surface area contributed by atoms with Crippen molar-refractivity contribution in [2.24, 2.45) is 0 Å². The van der Waals surface area contributed by atoms with E-state index in [0.29, 0.717) is 0 Å². The van der Waals surface area contributed by atoms with Gasteiger partial charge in [-0.05, 0) is 0 Å². The first-order valence-electron chi connectivity index (χ1n) is 1.57. The van der Waals surface area contributed by atoms with Gasteiger partial charge >= 0.3 is 6.09 Å². The number of nitrogens with one attached hydrogen (secondary N) is 1. The van der Waals surface area contributed by atoms with Crippen LogP contribution < -0.4 is 5.32 Å². The van der Waals surface area contributed by atoms with Crippen LogP contribution in [-0.2, 0) is 23.3 Å². The Balaban J connectivity index is 0. The molecule has 4 heteroatoms. The maximum absolute atomic E-state index is 9.85. The fourth-order valence-corrected chi connectivity index (χ4v) is 0.102. The summed E-state index contributed by atoms with van der Waals surface area (Å²) in [4.78, 5) is 9.85. The summed E-state index contributed by atoms with van der Waals surface area (Å²) in [6.45, 7) is 0. The fraction of sp³-hybridized carbons (Fsp3) is 0.667. The third-order valence-electron chi connectivity index (χ3n) is 0.390. The quantitative estimate of drug-likeness (QED) is 0.513. The average molecular weight is 140 g/mol. The number of carbonyl (C=O) groups is 1. The molecule has 0 aliphatic heterocycles. The average Bonchev–Trinajstić information content (AvgIpc) is 1.65. The first-order valence-corrected chi connectivity index (χ1v) is 1.57. The van der Waals surface area contributed by atoms with Crippen molar-refractivity contribution >= 4 is 6.09 Å². The number of amides is 1. The van der Waals surface area contributed by atoms with Gasteiger partial charge in [0, 0.05) is 25.6 Å². The fourth-order valence-electron chi connectivity index (χ4n) is 0.102. The minimum Gasteiger partial charge on any atom is -0.453 e. The molecule has 0 aliphatic carbocycles. The van der Waals surface area contributed by atoms with Gasteiger partial charge in [-0.15, -0.1) is 0 Å². The second kappa shape index (κ2) is 5.85. The predicted octanol–water partition coefficient (Wildman–Crippen LogP) is -0.0303. The van der Waals surface area contributed by atoms with Crippen LogP contribution in [0.5, 0.6) is 0 Å². The molecule has 1 radical (unpaired) electrons. The summed E-state index contributed by atoms with van der Waals surface area (Å²) in [5.41, 5.74) is 0. The molecule has 0 atom stereocenters. The largest absolute Gasteiger partial charge is 0.453 e. The van der Waals surface area contributed by atoms with E-state index in [-0.39, 0.29) is 18.6 Å². The number of rotatable bonds is 0. The molecule has 0 saturated heterocycles. The van der Waals surface area contributed by atoms with Crippen LogP contribution in [0.25, 0.3) is 0 Å². The summed E-state index contributed by atoms with van der Waals surface area (Å²) in [6, 6.07) is 0. The third-order valence-corrected chi connectivity index (χ3v) is 0.390. The molecule has 0 aromatic carbocycles. The van der Waals surface area contributed by atoms with Crippen LogP contribution in [0, 0.1) is 0 Å². The van der Waals surface area contributed by atoms with Crippen LogP contribution in [-0.4, -0.2) is 20.3 Å². The van der Waals surface area contributed by atoms with Crippen molar-refractivity contribution in [3.05, 3.63) is 0 Å². The minimum absolute atomic E-state index is 0. The van der Waals surface area contributed by atoms with Crippen molar-refractivity contribution in [2.75, 3.05) is 14.2 Å². The summed E-state index contributed by atoms with van der Waals surface area (Å²) in [5, 5.41) is 2.25. The Labute approximate surface area is 54.3 Å². The number of hydrogen-bond donors (Lipinski definition) is 1. The zero-order valence-corrected chi connectivity index (χ0v) is 5.66. The normalized spacial score (nSPS) is 6.00. The third kappa shape index (κ3) is 5.85. The monoisotopic (exact) mass is 140 g/mol. The molecule has 0 fully saturated rings. The molecule has 7 heavy (non-hydrogen) atoms. The second-order valence-corrected chi connectivity index (χ2v) is 0.742. The molecular weight excluding hydrogens is 133 g/mol. The van der Waals surface area contributed by atoms with Crippen LogP contribution >= 0.6 is 0 Å². The first kappa shape index (κ1) is 9.97. The van der Waals surface area contributed by atoms with E-state index in [0.717, 1.165) is 0 Å². The van der Waals surface area contributed by atoms with E-state index >= 15 is 0 Å². The Bertz CT molecular complexity index is 50.9. The summed E-state index contributed by atoms with van der Waals surface area (Å²) < 4.78 is 4.15. The number of ether oxygens (including phenoxy) is 1. The van der Waals surface area contributed by atoms with Crippen molar-refractivity contribution in [1.29, 1.82) is 0 Å². The van der Waals surface area contributed by atoms with Gasteiger partial charge in [-0.1, -0.05) is 0 Å². The van der Waals surface area contributed by atoms with E-state index in [4.69, 9.17) is 0 Å². The Morgan fingerprint density at radius 2 is 2.14 bits per heavy atom. The van der Waals surface area contributed by atoms with Gasteiger partial charge in [-0.3, -0.25) is 0 Å². The van der Waals surface area contributed by atoms with Gasteiger partial charge in [-0.25, -0.2) is 4.79 Å². The Morgan fingerprint density at radius 1 is 1.71 bits per heavy atom. The van der Waals surface area contributed by atoms with E-state index < -0.39 is 6.09 Å². The second-order valence-electron chi connectivity index (χ2n) is 0.742. The summed E-state index contributed by atoms with van der Waals surface area (Å²) in [5.74, 6) is 0. The van der Waals surface area contributed by atoms with E-state index in [1.807, 2.05) is 0 Å². The molecule has 1 N–H and O–H groups in total. The zero-order valence-electron chi connectivity index (χ0n) is 4.26. The standard InChI is InChI=1S/C3H7NO2.V/c1-4-3(5)6-2;/h1-2H3,(H,4,5);. The molecule has 0 saturated carbocycles. The number of alkyl carbamates (subject to hydrolysis) is 1. The molecule has 41 valence electrons. The van der Waals surface area contributed by atoms with Crippen LogP contribution in [0.2, 0.25) is 0 Å². The van der Waals surface area contributed by atoms with Crippen LogP contribution in [0.1, 0.15) is 0 Å². The van der Waals surface area contributed by atoms with Crippen molar-refractivity contribution in [2.45, 2.75) is 0 Å². The summed E-state index contributed by atoms with van der Waals surface area (Å²) >= 11 is 0. The Kier molecular flexibility index (Phi) is 8.34. The van der Waals surface area contributed by atoms with Crippen molar-refractivity contribution in [3.63, 3.8) is 0 Å². The van der Waals surface area contributed by atoms with Crippen molar-refractivity contribution in [3.8, 4) is 0 Å². The molecule has 0 rings (SSSR count). The van der Waals surface area contributed by atoms with Gasteiger partial charge in [0.05, 0.1) is 7.11 Å². The van der Waals surface area contributed by atoms with Gasteiger partial charge in [0.1, 0.15) is 0 Å². The summed E-state index contributed by atoms with van der Waals surface area (Å²) in [7, 11) is 2.82. The molecule has 0 aromatic rings. The van der Waals surface area contributed by atoms with Crippen LogP contribution in [0.15, 0.2) is 0 Å². The Morgan fingerprint density at radius 3 is 2.14 bits per heavy atom. The molecule has 0 unspecified atom stereocenters. The molecule has 1 amide bonds. The SMILES string of the molecule is CNC(=O)OC.[V]. The molecular formula is C3H7NO2V. The van der Waals surface area contributed by atoms with Gasteiger partial charge < -0.3 is 10.1 Å². The van der Waals surface area contributed by atoms with E-state index in [9.17, 15) is 4.79 Å². The minimum atomic E-state index is -0.407. The smallest absolute Gasteiger partial charge is 0.406 e. The molecule has 0 bridgehead atoms. The number of hydrogen-bond acceptors (Lipinski definition) is 2. The van der Waals surface area contributed by atoms with Gasteiger partial charge in [-0.2, -0.15) is 0 Å². The number of methoxy groups -OCH3 is 1. The predicted molar refractivity (Wildman–Crippen MR) is 21.5 cm³/mol. The van der Waals surface area contributed by atoms with Crippen molar-refractivity contribution < 1.29 is 28.1 Å². The maximum Gasteiger partial charge on any atom is 0.406 e. The molecule has 0 spiro atoms. The number of carbonyl (C=O) groups excluding carboxylic acids is 1. The van der Waals surface area contributed by atoms with Gasteiger partial charge in [0.2, 0.25) is 0 Å². The Hall–Kier alpha value is -0.146.